The number of hydrogen-bond donors (Lipinski definition) is 2. The number of nitrogens with zero attached hydrogens (tertiary/aromatic N) is 3. The molecule has 1 aromatic heterocycles. The summed E-state index contributed by atoms with van der Waals surface area (Å²) in [6.07, 6.45) is 5.95. The zero-order valence-electron chi connectivity index (χ0n) is 11.4. The van der Waals surface area contributed by atoms with Crippen LogP contribution < -0.4 is 10.2 Å². The molecule has 0 radical (unpaired) electrons. The minimum absolute atomic E-state index is 0.206. The van der Waals surface area contributed by atoms with Crippen molar-refractivity contribution >= 4 is 11.6 Å². The third-order valence-corrected chi connectivity index (χ3v) is 2.78. The molecule has 0 spiro atoms. The minimum Gasteiger partial charge on any atom is -0.396 e. The first-order chi connectivity index (χ1) is 8.77. The van der Waals surface area contributed by atoms with Crippen LogP contribution in [0.4, 0.5) is 11.6 Å². The Kier molecular flexibility index (Phi) is 7.10. The predicted octanol–water partition coefficient (Wildman–Crippen LogP) is 1.90. The fourth-order valence-electron chi connectivity index (χ4n) is 1.67. The van der Waals surface area contributed by atoms with Crippen molar-refractivity contribution in [2.24, 2.45) is 0 Å². The van der Waals surface area contributed by atoms with Crippen LogP contribution in [-0.2, 0) is 0 Å². The van der Waals surface area contributed by atoms with Crippen molar-refractivity contribution in [2.75, 3.05) is 37.0 Å². The van der Waals surface area contributed by atoms with E-state index in [0.29, 0.717) is 0 Å². The highest BCUT2D eigenvalue weighted by Crippen LogP contribution is 2.12. The highest BCUT2D eigenvalue weighted by atomic mass is 16.3. The summed E-state index contributed by atoms with van der Waals surface area (Å²) in [6, 6.07) is 1.95. The van der Waals surface area contributed by atoms with Gasteiger partial charge < -0.3 is 15.3 Å². The number of aliphatic hydroxyl groups is 1. The molecule has 1 heterocycles. The van der Waals surface area contributed by atoms with Crippen LogP contribution in [0.25, 0.3) is 0 Å². The number of rotatable bonds is 9. The lowest BCUT2D eigenvalue weighted by molar-refractivity contribution is 0.290. The number of aromatic nitrogens is 2. The van der Waals surface area contributed by atoms with Gasteiger partial charge >= 0.3 is 0 Å². The summed E-state index contributed by atoms with van der Waals surface area (Å²) in [7, 11) is 1.97. The van der Waals surface area contributed by atoms with E-state index in [2.05, 4.69) is 22.2 Å². The van der Waals surface area contributed by atoms with Crippen molar-refractivity contribution < 1.29 is 5.11 Å². The lowest BCUT2D eigenvalue weighted by Gasteiger charge is -2.17. The molecule has 0 saturated heterocycles. The number of hydrogen-bond acceptors (Lipinski definition) is 5. The molecule has 102 valence electrons. The Morgan fingerprint density at radius 3 is 2.83 bits per heavy atom. The summed E-state index contributed by atoms with van der Waals surface area (Å²) in [6.45, 7) is 4.14. The highest BCUT2D eigenvalue weighted by molar-refractivity contribution is 5.47. The molecule has 0 unspecified atom stereocenters. The molecule has 0 fully saturated rings. The van der Waals surface area contributed by atoms with E-state index in [0.717, 1.165) is 37.6 Å². The highest BCUT2D eigenvalue weighted by Gasteiger charge is 2.03. The summed E-state index contributed by atoms with van der Waals surface area (Å²) in [4.78, 5) is 10.5. The molecule has 0 aliphatic rings. The van der Waals surface area contributed by atoms with Gasteiger partial charge in [-0.25, -0.2) is 9.97 Å². The normalized spacial score (nSPS) is 10.4. The van der Waals surface area contributed by atoms with E-state index in [1.165, 1.54) is 12.8 Å². The lowest BCUT2D eigenvalue weighted by Crippen LogP contribution is -2.20. The van der Waals surface area contributed by atoms with E-state index < -0.39 is 0 Å². The molecule has 0 amide bonds. The van der Waals surface area contributed by atoms with Gasteiger partial charge in [0.1, 0.15) is 18.0 Å². The summed E-state index contributed by atoms with van der Waals surface area (Å²) >= 11 is 0. The van der Waals surface area contributed by atoms with Crippen LogP contribution in [0, 0.1) is 0 Å². The van der Waals surface area contributed by atoms with Gasteiger partial charge in [-0.3, -0.25) is 0 Å². The van der Waals surface area contributed by atoms with Gasteiger partial charge in [-0.2, -0.15) is 0 Å². The summed E-state index contributed by atoms with van der Waals surface area (Å²) in [5.41, 5.74) is 0. The summed E-state index contributed by atoms with van der Waals surface area (Å²) in [5.74, 6) is 1.75. The summed E-state index contributed by atoms with van der Waals surface area (Å²) in [5, 5.41) is 12.1. The maximum Gasteiger partial charge on any atom is 0.133 e. The Morgan fingerprint density at radius 2 is 2.11 bits per heavy atom. The number of anilines is 2. The van der Waals surface area contributed by atoms with Crippen molar-refractivity contribution in [1.29, 1.82) is 0 Å². The zero-order valence-corrected chi connectivity index (χ0v) is 11.4. The van der Waals surface area contributed by atoms with Gasteiger partial charge in [0.25, 0.3) is 0 Å². The zero-order chi connectivity index (χ0) is 13.2. The van der Waals surface area contributed by atoms with Crippen LogP contribution in [0.1, 0.15) is 32.6 Å². The largest absolute Gasteiger partial charge is 0.396 e. The third-order valence-electron chi connectivity index (χ3n) is 2.78. The van der Waals surface area contributed by atoms with E-state index in [1.54, 1.807) is 6.33 Å². The smallest absolute Gasteiger partial charge is 0.133 e. The van der Waals surface area contributed by atoms with Crippen molar-refractivity contribution in [3.8, 4) is 0 Å². The van der Waals surface area contributed by atoms with Crippen LogP contribution in [0.2, 0.25) is 0 Å². The van der Waals surface area contributed by atoms with E-state index >= 15 is 0 Å². The van der Waals surface area contributed by atoms with Gasteiger partial charge in [0, 0.05) is 32.8 Å². The van der Waals surface area contributed by atoms with Gasteiger partial charge in [0.2, 0.25) is 0 Å². The standard InChI is InChI=1S/C13H24N4O/c1-3-4-5-7-14-12-10-13(16-11-15-12)17(2)8-6-9-18/h10-11,18H,3-9H2,1-2H3,(H,14,15,16). The number of unbranched alkanes of at least 4 members (excludes halogenated alkanes) is 2. The van der Waals surface area contributed by atoms with Crippen molar-refractivity contribution in [1.82, 2.24) is 9.97 Å². The van der Waals surface area contributed by atoms with E-state index in [-0.39, 0.29) is 6.61 Å². The first-order valence-corrected chi connectivity index (χ1v) is 6.65. The van der Waals surface area contributed by atoms with Gasteiger partial charge in [-0.05, 0) is 12.8 Å². The molecular weight excluding hydrogens is 228 g/mol. The molecule has 5 heteroatoms. The number of aliphatic hydroxyl groups excluding tert-OH is 1. The van der Waals surface area contributed by atoms with Crippen LogP contribution in [0.3, 0.4) is 0 Å². The Hall–Kier alpha value is -1.36. The summed E-state index contributed by atoms with van der Waals surface area (Å²) < 4.78 is 0. The van der Waals surface area contributed by atoms with Gasteiger partial charge in [-0.15, -0.1) is 0 Å². The Bertz CT molecular complexity index is 333. The predicted molar refractivity (Wildman–Crippen MR) is 75.0 cm³/mol. The molecule has 0 bridgehead atoms. The fraction of sp³-hybridized carbons (Fsp3) is 0.692. The van der Waals surface area contributed by atoms with E-state index in [4.69, 9.17) is 5.11 Å². The van der Waals surface area contributed by atoms with E-state index in [9.17, 15) is 0 Å². The molecule has 2 N–H and O–H groups in total. The third kappa shape index (κ3) is 5.31. The second-order valence-corrected chi connectivity index (χ2v) is 4.39. The quantitative estimate of drug-likeness (QED) is 0.657. The Labute approximate surface area is 109 Å². The minimum atomic E-state index is 0.206. The molecule has 0 aliphatic heterocycles. The second-order valence-electron chi connectivity index (χ2n) is 4.39. The first-order valence-electron chi connectivity index (χ1n) is 6.65. The Morgan fingerprint density at radius 1 is 1.28 bits per heavy atom. The van der Waals surface area contributed by atoms with Gasteiger partial charge in [-0.1, -0.05) is 19.8 Å². The first kappa shape index (κ1) is 14.7. The number of nitrogens with one attached hydrogen (secondary N) is 1. The van der Waals surface area contributed by atoms with Gasteiger partial charge in [0.05, 0.1) is 0 Å². The molecule has 0 aliphatic carbocycles. The van der Waals surface area contributed by atoms with E-state index in [1.807, 2.05) is 18.0 Å². The van der Waals surface area contributed by atoms with Crippen LogP contribution in [0.15, 0.2) is 12.4 Å². The monoisotopic (exact) mass is 252 g/mol. The fourth-order valence-corrected chi connectivity index (χ4v) is 1.67. The molecule has 1 rings (SSSR count). The molecule has 18 heavy (non-hydrogen) atoms. The molecule has 0 aromatic carbocycles. The van der Waals surface area contributed by atoms with Crippen LogP contribution in [-0.4, -0.2) is 41.8 Å². The van der Waals surface area contributed by atoms with Crippen LogP contribution >= 0.6 is 0 Å². The van der Waals surface area contributed by atoms with Crippen LogP contribution in [0.5, 0.6) is 0 Å². The Balaban J connectivity index is 2.45. The molecule has 1 aromatic rings. The maximum atomic E-state index is 8.81. The molecule has 0 atom stereocenters. The SMILES string of the molecule is CCCCCNc1cc(N(C)CCCO)ncn1. The second kappa shape index (κ2) is 8.69. The van der Waals surface area contributed by atoms with Crippen molar-refractivity contribution in [3.05, 3.63) is 12.4 Å². The lowest BCUT2D eigenvalue weighted by atomic mass is 10.2. The molecule has 5 nitrogen and oxygen atoms in total. The topological polar surface area (TPSA) is 61.3 Å². The molecular formula is C13H24N4O. The van der Waals surface area contributed by atoms with Crippen molar-refractivity contribution in [2.45, 2.75) is 32.6 Å². The van der Waals surface area contributed by atoms with Crippen molar-refractivity contribution in [3.63, 3.8) is 0 Å². The average Bonchev–Trinajstić information content (AvgIpc) is 2.41. The van der Waals surface area contributed by atoms with Gasteiger partial charge in [0.15, 0.2) is 0 Å². The molecule has 0 saturated carbocycles. The maximum absolute atomic E-state index is 8.81. The average molecular weight is 252 g/mol.